The van der Waals surface area contributed by atoms with Gasteiger partial charge in [-0.2, -0.15) is 0 Å². The van der Waals surface area contributed by atoms with E-state index in [1.54, 1.807) is 13.8 Å². The van der Waals surface area contributed by atoms with Crippen molar-refractivity contribution in [2.75, 3.05) is 5.73 Å². The Morgan fingerprint density at radius 2 is 2.06 bits per heavy atom. The molecule has 1 aromatic carbocycles. The number of carbonyl (C=O) groups is 1. The summed E-state index contributed by atoms with van der Waals surface area (Å²) in [5.41, 5.74) is 4.66. The zero-order valence-electron chi connectivity index (χ0n) is 9.62. The van der Waals surface area contributed by atoms with E-state index in [1.807, 2.05) is 0 Å². The number of carboxylic acid groups (broad SMARTS) is 1. The number of nitrogen functional groups attached to an aromatic ring is 1. The van der Waals surface area contributed by atoms with Crippen molar-refractivity contribution in [1.82, 2.24) is 0 Å². The van der Waals surface area contributed by atoms with Crippen molar-refractivity contribution in [2.45, 2.75) is 26.2 Å². The molecule has 1 aromatic rings. The Bertz CT molecular complexity index is 417. The van der Waals surface area contributed by atoms with Crippen LogP contribution in [0, 0.1) is 11.7 Å². The van der Waals surface area contributed by atoms with Crippen LogP contribution in [0.5, 0.6) is 0 Å². The molecule has 0 aliphatic carbocycles. The number of benzene rings is 1. The van der Waals surface area contributed by atoms with Gasteiger partial charge in [-0.1, -0.05) is 19.9 Å². The fourth-order valence-electron chi connectivity index (χ4n) is 1.63. The fourth-order valence-corrected chi connectivity index (χ4v) is 1.63. The van der Waals surface area contributed by atoms with E-state index in [0.717, 1.165) is 6.07 Å². The lowest BCUT2D eigenvalue weighted by atomic mass is 9.73. The first-order valence-corrected chi connectivity index (χ1v) is 5.09. The molecule has 0 spiro atoms. The second kappa shape index (κ2) is 4.12. The number of halogens is 1. The zero-order valence-corrected chi connectivity index (χ0v) is 9.62. The van der Waals surface area contributed by atoms with Gasteiger partial charge < -0.3 is 10.8 Å². The van der Waals surface area contributed by atoms with E-state index in [2.05, 4.69) is 0 Å². The summed E-state index contributed by atoms with van der Waals surface area (Å²) in [7, 11) is 0. The van der Waals surface area contributed by atoms with Crippen molar-refractivity contribution < 1.29 is 14.3 Å². The van der Waals surface area contributed by atoms with Crippen LogP contribution in [0.15, 0.2) is 18.2 Å². The van der Waals surface area contributed by atoms with E-state index < -0.39 is 17.2 Å². The Hall–Kier alpha value is -1.58. The second-order valence-electron chi connectivity index (χ2n) is 4.40. The lowest BCUT2D eigenvalue weighted by Gasteiger charge is -2.30. The van der Waals surface area contributed by atoms with Crippen LogP contribution in [0.3, 0.4) is 0 Å². The van der Waals surface area contributed by atoms with Gasteiger partial charge in [-0.25, -0.2) is 4.39 Å². The number of hydrogen-bond acceptors (Lipinski definition) is 2. The molecule has 4 heteroatoms. The molecular formula is C12H16FNO2. The number of carboxylic acids is 1. The van der Waals surface area contributed by atoms with Crippen molar-refractivity contribution in [3.8, 4) is 0 Å². The minimum absolute atomic E-state index is 0.171. The monoisotopic (exact) mass is 225 g/mol. The number of hydrogen-bond donors (Lipinski definition) is 2. The minimum Gasteiger partial charge on any atom is -0.481 e. The van der Waals surface area contributed by atoms with Crippen LogP contribution in [-0.2, 0) is 10.2 Å². The number of rotatable bonds is 3. The maximum absolute atomic E-state index is 13.7. The Kier molecular flexibility index (Phi) is 3.21. The second-order valence-corrected chi connectivity index (χ2v) is 4.40. The summed E-state index contributed by atoms with van der Waals surface area (Å²) in [5.74, 6) is -1.83. The average molecular weight is 225 g/mol. The van der Waals surface area contributed by atoms with Gasteiger partial charge in [-0.05, 0) is 25.0 Å². The average Bonchev–Trinajstić information content (AvgIpc) is 2.15. The molecule has 0 bridgehead atoms. The summed E-state index contributed by atoms with van der Waals surface area (Å²) < 4.78 is 13.7. The van der Waals surface area contributed by atoms with Crippen LogP contribution >= 0.6 is 0 Å². The van der Waals surface area contributed by atoms with Crippen LogP contribution in [0.1, 0.15) is 26.3 Å². The summed E-state index contributed by atoms with van der Waals surface area (Å²) in [5, 5.41) is 9.25. The molecule has 1 atom stereocenters. The third-order valence-corrected chi connectivity index (χ3v) is 3.15. The molecule has 1 rings (SSSR count). The Morgan fingerprint density at radius 1 is 1.50 bits per heavy atom. The summed E-state index contributed by atoms with van der Waals surface area (Å²) in [6.07, 6.45) is 0. The van der Waals surface area contributed by atoms with Gasteiger partial charge in [-0.15, -0.1) is 0 Å². The highest BCUT2D eigenvalue weighted by Gasteiger charge is 2.40. The highest BCUT2D eigenvalue weighted by atomic mass is 19.1. The normalized spacial score (nSPS) is 14.8. The molecule has 3 nitrogen and oxygen atoms in total. The molecule has 0 saturated heterocycles. The Morgan fingerprint density at radius 3 is 2.44 bits per heavy atom. The van der Waals surface area contributed by atoms with Gasteiger partial charge in [0.15, 0.2) is 0 Å². The van der Waals surface area contributed by atoms with Crippen molar-refractivity contribution in [2.24, 2.45) is 5.92 Å². The predicted molar refractivity (Wildman–Crippen MR) is 60.6 cm³/mol. The maximum atomic E-state index is 13.7. The van der Waals surface area contributed by atoms with Gasteiger partial charge >= 0.3 is 5.97 Å². The molecule has 0 aliphatic rings. The van der Waals surface area contributed by atoms with Crippen molar-refractivity contribution in [3.63, 3.8) is 0 Å². The summed E-state index contributed by atoms with van der Waals surface area (Å²) in [4.78, 5) is 11.3. The van der Waals surface area contributed by atoms with Gasteiger partial charge in [0.05, 0.1) is 5.41 Å². The third kappa shape index (κ3) is 1.87. The van der Waals surface area contributed by atoms with E-state index in [9.17, 15) is 14.3 Å². The number of aliphatic carboxylic acids is 1. The molecule has 1 unspecified atom stereocenters. The molecule has 88 valence electrons. The molecule has 0 amide bonds. The van der Waals surface area contributed by atoms with Crippen LogP contribution < -0.4 is 5.73 Å². The van der Waals surface area contributed by atoms with Crippen LogP contribution in [0.4, 0.5) is 10.1 Å². The maximum Gasteiger partial charge on any atom is 0.314 e. The molecule has 3 N–H and O–H groups in total. The summed E-state index contributed by atoms with van der Waals surface area (Å²) in [6, 6.07) is 4.11. The molecular weight excluding hydrogens is 209 g/mol. The first-order chi connectivity index (χ1) is 7.30. The van der Waals surface area contributed by atoms with E-state index in [4.69, 9.17) is 5.73 Å². The highest BCUT2D eigenvalue weighted by molar-refractivity contribution is 5.81. The standard InChI is InChI=1S/C12H16FNO2/c1-7(2)12(3,11(15)16)9-5-4-8(14)6-10(9)13/h4-7H,14H2,1-3H3,(H,15,16). The first kappa shape index (κ1) is 12.5. The molecule has 0 aliphatic heterocycles. The van der Waals surface area contributed by atoms with Gasteiger partial charge in [0, 0.05) is 11.3 Å². The Labute approximate surface area is 94.1 Å². The zero-order chi connectivity index (χ0) is 12.5. The van der Waals surface area contributed by atoms with Crippen molar-refractivity contribution in [3.05, 3.63) is 29.6 Å². The molecule has 0 saturated carbocycles. The van der Waals surface area contributed by atoms with Gasteiger partial charge in [-0.3, -0.25) is 4.79 Å². The van der Waals surface area contributed by atoms with Gasteiger partial charge in [0.1, 0.15) is 5.82 Å². The molecule has 16 heavy (non-hydrogen) atoms. The van der Waals surface area contributed by atoms with E-state index in [-0.39, 0.29) is 17.2 Å². The van der Waals surface area contributed by atoms with E-state index in [1.165, 1.54) is 19.1 Å². The molecule has 0 radical (unpaired) electrons. The summed E-state index contributed by atoms with van der Waals surface area (Å²) >= 11 is 0. The minimum atomic E-state index is -1.24. The lowest BCUT2D eigenvalue weighted by molar-refractivity contribution is -0.145. The number of nitrogens with two attached hydrogens (primary N) is 1. The highest BCUT2D eigenvalue weighted by Crippen LogP contribution is 2.34. The van der Waals surface area contributed by atoms with E-state index >= 15 is 0 Å². The van der Waals surface area contributed by atoms with E-state index in [0.29, 0.717) is 0 Å². The first-order valence-electron chi connectivity index (χ1n) is 5.09. The van der Waals surface area contributed by atoms with Crippen LogP contribution in [0.2, 0.25) is 0 Å². The molecule has 0 aromatic heterocycles. The van der Waals surface area contributed by atoms with Gasteiger partial charge in [0.25, 0.3) is 0 Å². The smallest absolute Gasteiger partial charge is 0.314 e. The summed E-state index contributed by atoms with van der Waals surface area (Å²) in [6.45, 7) is 5.03. The third-order valence-electron chi connectivity index (χ3n) is 3.15. The SMILES string of the molecule is CC(C)C(C)(C(=O)O)c1ccc(N)cc1F. The van der Waals surface area contributed by atoms with Gasteiger partial charge in [0.2, 0.25) is 0 Å². The largest absolute Gasteiger partial charge is 0.481 e. The Balaban J connectivity index is 3.38. The number of anilines is 1. The van der Waals surface area contributed by atoms with Crippen molar-refractivity contribution in [1.29, 1.82) is 0 Å². The van der Waals surface area contributed by atoms with Crippen LogP contribution in [-0.4, -0.2) is 11.1 Å². The molecule has 0 heterocycles. The molecule has 0 fully saturated rings. The topological polar surface area (TPSA) is 63.3 Å². The fraction of sp³-hybridized carbons (Fsp3) is 0.417. The van der Waals surface area contributed by atoms with Crippen molar-refractivity contribution >= 4 is 11.7 Å². The predicted octanol–water partition coefficient (Wildman–Crippen LogP) is 2.41. The quantitative estimate of drug-likeness (QED) is 0.776. The van der Waals surface area contributed by atoms with Crippen LogP contribution in [0.25, 0.3) is 0 Å². The lowest BCUT2D eigenvalue weighted by Crippen LogP contribution is -2.38.